The fraction of sp³-hybridized carbons (Fsp3) is 0.120. The SMILES string of the molecule is Cc1ccc2nc(Cc3ccc(NC(=O)c4nc5ccccc5n(C)c4=O)cc3)[nH]c2c1. The summed E-state index contributed by atoms with van der Waals surface area (Å²) in [4.78, 5) is 37.6. The van der Waals surface area contributed by atoms with E-state index in [2.05, 4.69) is 33.3 Å². The second kappa shape index (κ2) is 7.77. The van der Waals surface area contributed by atoms with Gasteiger partial charge in [0.2, 0.25) is 0 Å². The van der Waals surface area contributed by atoms with Crippen molar-refractivity contribution in [2.45, 2.75) is 13.3 Å². The predicted octanol–water partition coefficient (Wildman–Crippen LogP) is 3.96. The molecule has 0 aliphatic rings. The normalized spacial score (nSPS) is 11.2. The van der Waals surface area contributed by atoms with E-state index in [9.17, 15) is 9.59 Å². The molecule has 0 radical (unpaired) electrons. The number of nitrogens with one attached hydrogen (secondary N) is 2. The summed E-state index contributed by atoms with van der Waals surface area (Å²) in [5.74, 6) is 0.350. The molecule has 5 rings (SSSR count). The van der Waals surface area contributed by atoms with Crippen molar-refractivity contribution in [2.24, 2.45) is 7.05 Å². The minimum Gasteiger partial charge on any atom is -0.342 e. The monoisotopic (exact) mass is 423 g/mol. The average molecular weight is 423 g/mol. The summed E-state index contributed by atoms with van der Waals surface area (Å²) >= 11 is 0. The lowest BCUT2D eigenvalue weighted by Crippen LogP contribution is -2.29. The van der Waals surface area contributed by atoms with Crippen LogP contribution in [0.15, 0.2) is 71.5 Å². The van der Waals surface area contributed by atoms with Gasteiger partial charge < -0.3 is 14.9 Å². The van der Waals surface area contributed by atoms with Crippen molar-refractivity contribution >= 4 is 33.7 Å². The number of aryl methyl sites for hydroxylation is 2. The molecule has 0 aliphatic heterocycles. The van der Waals surface area contributed by atoms with Crippen LogP contribution in [0.2, 0.25) is 0 Å². The number of nitrogens with zero attached hydrogens (tertiary/aromatic N) is 3. The van der Waals surface area contributed by atoms with Crippen LogP contribution in [0.5, 0.6) is 0 Å². The second-order valence-electron chi connectivity index (χ2n) is 7.85. The van der Waals surface area contributed by atoms with Gasteiger partial charge in [-0.05, 0) is 54.4 Å². The lowest BCUT2D eigenvalue weighted by molar-refractivity contribution is 0.102. The molecule has 2 N–H and O–H groups in total. The number of hydrogen-bond acceptors (Lipinski definition) is 4. The fourth-order valence-corrected chi connectivity index (χ4v) is 3.78. The smallest absolute Gasteiger partial charge is 0.282 e. The van der Waals surface area contributed by atoms with Gasteiger partial charge >= 0.3 is 0 Å². The molecule has 2 heterocycles. The first-order chi connectivity index (χ1) is 15.5. The van der Waals surface area contributed by atoms with Gasteiger partial charge in [0.05, 0.1) is 22.1 Å². The predicted molar refractivity (Wildman–Crippen MR) is 125 cm³/mol. The lowest BCUT2D eigenvalue weighted by atomic mass is 10.1. The van der Waals surface area contributed by atoms with E-state index in [-0.39, 0.29) is 5.69 Å². The maximum atomic E-state index is 12.7. The average Bonchev–Trinajstić information content (AvgIpc) is 3.18. The quantitative estimate of drug-likeness (QED) is 0.458. The van der Waals surface area contributed by atoms with Gasteiger partial charge in [-0.1, -0.05) is 30.3 Å². The summed E-state index contributed by atoms with van der Waals surface area (Å²) in [7, 11) is 1.64. The summed E-state index contributed by atoms with van der Waals surface area (Å²) in [6, 6.07) is 20.8. The highest BCUT2D eigenvalue weighted by Gasteiger charge is 2.16. The Balaban J connectivity index is 1.34. The number of carbonyl (C=O) groups excluding carboxylic acids is 1. The number of benzene rings is 3. The Hall–Kier alpha value is -4.26. The van der Waals surface area contributed by atoms with Crippen LogP contribution in [0.3, 0.4) is 0 Å². The molecule has 7 nitrogen and oxygen atoms in total. The number of para-hydroxylation sites is 2. The maximum absolute atomic E-state index is 12.7. The first kappa shape index (κ1) is 19.7. The zero-order valence-corrected chi connectivity index (χ0v) is 17.7. The van der Waals surface area contributed by atoms with E-state index in [0.29, 0.717) is 23.1 Å². The summed E-state index contributed by atoms with van der Waals surface area (Å²) in [6.45, 7) is 2.05. The van der Waals surface area contributed by atoms with Crippen LogP contribution in [0.1, 0.15) is 27.4 Å². The van der Waals surface area contributed by atoms with Gasteiger partial charge in [0, 0.05) is 19.2 Å². The molecule has 0 unspecified atom stereocenters. The third-order valence-corrected chi connectivity index (χ3v) is 5.47. The molecule has 0 fully saturated rings. The number of aromatic amines is 1. The van der Waals surface area contributed by atoms with E-state index >= 15 is 0 Å². The Morgan fingerprint density at radius 3 is 2.59 bits per heavy atom. The molecule has 0 aliphatic carbocycles. The summed E-state index contributed by atoms with van der Waals surface area (Å²) in [6.07, 6.45) is 0.648. The number of imidazole rings is 1. The molecule has 0 spiro atoms. The number of aromatic nitrogens is 4. The molecule has 5 aromatic rings. The number of carbonyl (C=O) groups is 1. The molecule has 0 atom stereocenters. The van der Waals surface area contributed by atoms with Crippen molar-refractivity contribution in [1.82, 2.24) is 19.5 Å². The lowest BCUT2D eigenvalue weighted by Gasteiger charge is -2.09. The standard InChI is InChI=1S/C25H21N5O2/c1-15-7-12-18-20(13-15)28-22(27-18)14-16-8-10-17(11-9-16)26-24(31)23-25(32)30(2)21-6-4-3-5-19(21)29-23/h3-13H,14H2,1-2H3,(H,26,31)(H,27,28). The van der Waals surface area contributed by atoms with Crippen molar-refractivity contribution in [2.75, 3.05) is 5.32 Å². The van der Waals surface area contributed by atoms with Crippen molar-refractivity contribution in [3.63, 3.8) is 0 Å². The highest BCUT2D eigenvalue weighted by molar-refractivity contribution is 6.03. The molecule has 0 bridgehead atoms. The van der Waals surface area contributed by atoms with E-state index in [0.717, 1.165) is 22.4 Å². The number of H-pyrrole nitrogens is 1. The van der Waals surface area contributed by atoms with Gasteiger partial charge in [-0.25, -0.2) is 9.97 Å². The Bertz CT molecular complexity index is 1530. The first-order valence-electron chi connectivity index (χ1n) is 10.3. The second-order valence-corrected chi connectivity index (χ2v) is 7.85. The van der Waals surface area contributed by atoms with Crippen LogP contribution in [-0.4, -0.2) is 25.4 Å². The Morgan fingerprint density at radius 1 is 1.00 bits per heavy atom. The molecule has 3 aromatic carbocycles. The maximum Gasteiger partial charge on any atom is 0.282 e. The van der Waals surface area contributed by atoms with Crippen LogP contribution in [0.4, 0.5) is 5.69 Å². The molecule has 7 heteroatoms. The number of amides is 1. The number of hydrogen-bond donors (Lipinski definition) is 2. The number of rotatable bonds is 4. The Labute approximate surface area is 183 Å². The van der Waals surface area contributed by atoms with Crippen molar-refractivity contribution in [3.05, 3.63) is 99.7 Å². The van der Waals surface area contributed by atoms with Gasteiger partial charge in [0.15, 0.2) is 5.69 Å². The van der Waals surface area contributed by atoms with Gasteiger partial charge in [0.1, 0.15) is 5.82 Å². The number of anilines is 1. The third-order valence-electron chi connectivity index (χ3n) is 5.47. The Kier molecular flexibility index (Phi) is 4.78. The molecule has 0 saturated carbocycles. The number of fused-ring (bicyclic) bond motifs is 2. The van der Waals surface area contributed by atoms with E-state index in [1.54, 1.807) is 19.2 Å². The van der Waals surface area contributed by atoms with Gasteiger partial charge in [-0.3, -0.25) is 9.59 Å². The van der Waals surface area contributed by atoms with Crippen LogP contribution in [0.25, 0.3) is 22.1 Å². The summed E-state index contributed by atoms with van der Waals surface area (Å²) in [5, 5.41) is 2.77. The first-order valence-corrected chi connectivity index (χ1v) is 10.3. The third kappa shape index (κ3) is 3.65. The Morgan fingerprint density at radius 2 is 1.78 bits per heavy atom. The summed E-state index contributed by atoms with van der Waals surface area (Å²) < 4.78 is 1.44. The zero-order valence-electron chi connectivity index (χ0n) is 17.7. The van der Waals surface area contributed by atoms with Crippen LogP contribution in [0, 0.1) is 6.92 Å². The van der Waals surface area contributed by atoms with Crippen molar-refractivity contribution < 1.29 is 4.79 Å². The highest BCUT2D eigenvalue weighted by atomic mass is 16.2. The van der Waals surface area contributed by atoms with Crippen molar-refractivity contribution in [1.29, 1.82) is 0 Å². The molecule has 0 saturated heterocycles. The van der Waals surface area contributed by atoms with Crippen LogP contribution in [-0.2, 0) is 13.5 Å². The molecular weight excluding hydrogens is 402 g/mol. The molecular formula is C25H21N5O2. The van der Waals surface area contributed by atoms with Crippen LogP contribution >= 0.6 is 0 Å². The van der Waals surface area contributed by atoms with E-state index in [4.69, 9.17) is 0 Å². The van der Waals surface area contributed by atoms with Crippen LogP contribution < -0.4 is 10.9 Å². The fourth-order valence-electron chi connectivity index (χ4n) is 3.78. The van der Waals surface area contributed by atoms with E-state index < -0.39 is 11.5 Å². The van der Waals surface area contributed by atoms with Gasteiger partial charge in [-0.2, -0.15) is 0 Å². The molecule has 1 amide bonds. The summed E-state index contributed by atoms with van der Waals surface area (Å²) in [5.41, 5.74) is 5.51. The van der Waals surface area contributed by atoms with Gasteiger partial charge in [0.25, 0.3) is 11.5 Å². The minimum atomic E-state index is -0.531. The zero-order chi connectivity index (χ0) is 22.2. The minimum absolute atomic E-state index is 0.132. The van der Waals surface area contributed by atoms with Gasteiger partial charge in [-0.15, -0.1) is 0 Å². The molecule has 32 heavy (non-hydrogen) atoms. The largest absolute Gasteiger partial charge is 0.342 e. The molecule has 2 aromatic heterocycles. The van der Waals surface area contributed by atoms with E-state index in [1.165, 1.54) is 10.1 Å². The van der Waals surface area contributed by atoms with E-state index in [1.807, 2.05) is 48.5 Å². The topological polar surface area (TPSA) is 92.7 Å². The van der Waals surface area contributed by atoms with Crippen molar-refractivity contribution in [3.8, 4) is 0 Å². The molecule has 158 valence electrons. The highest BCUT2D eigenvalue weighted by Crippen LogP contribution is 2.17.